The first-order valence-corrected chi connectivity index (χ1v) is 7.01. The van der Waals surface area contributed by atoms with Crippen molar-refractivity contribution in [2.45, 2.75) is 34.6 Å². The molecule has 0 fully saturated rings. The number of benzene rings is 1. The van der Waals surface area contributed by atoms with Crippen LogP contribution in [-0.4, -0.2) is 17.6 Å². The normalized spacial score (nSPS) is 8.85. The zero-order valence-corrected chi connectivity index (χ0v) is 12.8. The average Bonchev–Trinajstić information content (AvgIpc) is 2.52. The van der Waals surface area contributed by atoms with Crippen LogP contribution in [0.3, 0.4) is 0 Å². The fourth-order valence-corrected chi connectivity index (χ4v) is 1.53. The number of ether oxygens (including phenoxy) is 1. The zero-order valence-electron chi connectivity index (χ0n) is 12.8. The van der Waals surface area contributed by atoms with Crippen LogP contribution in [-0.2, 0) is 4.74 Å². The summed E-state index contributed by atoms with van der Waals surface area (Å²) in [6.07, 6.45) is 1.39. The fourth-order valence-electron chi connectivity index (χ4n) is 1.53. The molecule has 2 aromatic rings. The second-order valence-corrected chi connectivity index (χ2v) is 3.30. The van der Waals surface area contributed by atoms with Crippen molar-refractivity contribution >= 4 is 16.9 Å². The third-order valence-electron chi connectivity index (χ3n) is 2.28. The number of H-pyrrole nitrogens is 1. The molecule has 1 aromatic heterocycles. The molecule has 0 aliphatic heterocycles. The van der Waals surface area contributed by atoms with Crippen LogP contribution >= 0.6 is 0 Å². The summed E-state index contributed by atoms with van der Waals surface area (Å²) in [5, 5.41) is 0.494. The second kappa shape index (κ2) is 9.78. The number of carbonyl (C=O) groups excluding carboxylic acids is 1. The van der Waals surface area contributed by atoms with E-state index in [0.29, 0.717) is 10.9 Å². The maximum atomic E-state index is 11.9. The second-order valence-electron chi connectivity index (χ2n) is 3.30. The van der Waals surface area contributed by atoms with Crippen LogP contribution in [0.4, 0.5) is 0 Å². The van der Waals surface area contributed by atoms with Crippen LogP contribution in [0.2, 0.25) is 0 Å². The number of rotatable bonds is 2. The molecule has 1 heterocycles. The predicted octanol–water partition coefficient (Wildman–Crippen LogP) is 3.76. The lowest BCUT2D eigenvalue weighted by Crippen LogP contribution is -2.17. The first-order valence-electron chi connectivity index (χ1n) is 7.01. The molecule has 20 heavy (non-hydrogen) atoms. The van der Waals surface area contributed by atoms with E-state index in [9.17, 15) is 9.59 Å². The van der Waals surface area contributed by atoms with Crippen LogP contribution in [0.1, 0.15) is 45.0 Å². The van der Waals surface area contributed by atoms with Gasteiger partial charge in [-0.2, -0.15) is 0 Å². The SMILES string of the molecule is CC.CC.CCOC(=O)c1c[nH]c2ccccc2c1=O. The third-order valence-corrected chi connectivity index (χ3v) is 2.28. The van der Waals surface area contributed by atoms with Crippen molar-refractivity contribution in [2.24, 2.45) is 0 Å². The highest BCUT2D eigenvalue weighted by atomic mass is 16.5. The van der Waals surface area contributed by atoms with Gasteiger partial charge in [-0.25, -0.2) is 4.79 Å². The highest BCUT2D eigenvalue weighted by molar-refractivity contribution is 5.93. The highest BCUT2D eigenvalue weighted by Gasteiger charge is 2.12. The third kappa shape index (κ3) is 4.23. The number of esters is 1. The number of fused-ring (bicyclic) bond motifs is 1. The number of aromatic amines is 1. The number of pyridine rings is 1. The molecular formula is C16H23NO3. The molecular weight excluding hydrogens is 254 g/mol. The lowest BCUT2D eigenvalue weighted by Gasteiger charge is -2.02. The Hall–Kier alpha value is -2.10. The number of hydrogen-bond acceptors (Lipinski definition) is 3. The topological polar surface area (TPSA) is 59.2 Å². The van der Waals surface area contributed by atoms with Gasteiger partial charge in [-0.1, -0.05) is 39.8 Å². The van der Waals surface area contributed by atoms with Crippen molar-refractivity contribution in [3.05, 3.63) is 46.2 Å². The number of para-hydroxylation sites is 1. The summed E-state index contributed by atoms with van der Waals surface area (Å²) in [4.78, 5) is 26.3. The van der Waals surface area contributed by atoms with Crippen LogP contribution in [0.15, 0.2) is 35.3 Å². The Morgan fingerprint density at radius 2 is 1.75 bits per heavy atom. The molecule has 0 saturated heterocycles. The number of aromatic nitrogens is 1. The molecule has 4 nitrogen and oxygen atoms in total. The van der Waals surface area contributed by atoms with Gasteiger partial charge in [0.1, 0.15) is 5.56 Å². The summed E-state index contributed by atoms with van der Waals surface area (Å²) >= 11 is 0. The smallest absolute Gasteiger partial charge is 0.343 e. The number of nitrogens with one attached hydrogen (secondary N) is 1. The fraction of sp³-hybridized carbons (Fsp3) is 0.375. The summed E-state index contributed by atoms with van der Waals surface area (Å²) in [5.74, 6) is -0.588. The summed E-state index contributed by atoms with van der Waals surface area (Å²) in [6.45, 7) is 9.96. The standard InChI is InChI=1S/C12H11NO3.2C2H6/c1-2-16-12(15)9-7-13-10-6-4-3-5-8(10)11(9)14;2*1-2/h3-7H,2H2,1H3,(H,13,14);2*1-2H3. The maximum Gasteiger partial charge on any atom is 0.343 e. The minimum Gasteiger partial charge on any atom is -0.462 e. The minimum atomic E-state index is -0.588. The molecule has 1 N–H and O–H groups in total. The van der Waals surface area contributed by atoms with E-state index in [1.54, 1.807) is 25.1 Å². The van der Waals surface area contributed by atoms with E-state index in [2.05, 4.69) is 4.98 Å². The van der Waals surface area contributed by atoms with Gasteiger partial charge in [0, 0.05) is 17.1 Å². The van der Waals surface area contributed by atoms with Gasteiger partial charge in [-0.15, -0.1) is 0 Å². The Morgan fingerprint density at radius 3 is 2.35 bits per heavy atom. The van der Waals surface area contributed by atoms with Gasteiger partial charge in [0.15, 0.2) is 0 Å². The minimum absolute atomic E-state index is 0.0422. The lowest BCUT2D eigenvalue weighted by atomic mass is 10.1. The Labute approximate surface area is 119 Å². The molecule has 0 radical (unpaired) electrons. The average molecular weight is 277 g/mol. The van der Waals surface area contributed by atoms with Crippen LogP contribution in [0, 0.1) is 0 Å². The predicted molar refractivity (Wildman–Crippen MR) is 83.2 cm³/mol. The highest BCUT2D eigenvalue weighted by Crippen LogP contribution is 2.07. The van der Waals surface area contributed by atoms with Gasteiger partial charge in [-0.05, 0) is 19.1 Å². The summed E-state index contributed by atoms with van der Waals surface area (Å²) in [7, 11) is 0. The molecule has 0 bridgehead atoms. The van der Waals surface area contributed by atoms with Gasteiger partial charge in [0.05, 0.1) is 6.61 Å². The molecule has 0 saturated carbocycles. The summed E-state index contributed by atoms with van der Waals surface area (Å²) in [5.41, 5.74) is 0.453. The quantitative estimate of drug-likeness (QED) is 0.850. The van der Waals surface area contributed by atoms with Crippen molar-refractivity contribution in [3.8, 4) is 0 Å². The first-order chi connectivity index (χ1) is 9.74. The van der Waals surface area contributed by atoms with Crippen molar-refractivity contribution < 1.29 is 9.53 Å². The monoisotopic (exact) mass is 277 g/mol. The van der Waals surface area contributed by atoms with E-state index in [1.165, 1.54) is 6.20 Å². The molecule has 0 unspecified atom stereocenters. The molecule has 0 spiro atoms. The Morgan fingerprint density at radius 1 is 1.15 bits per heavy atom. The molecule has 110 valence electrons. The van der Waals surface area contributed by atoms with Crippen molar-refractivity contribution in [1.82, 2.24) is 4.98 Å². The van der Waals surface area contributed by atoms with Gasteiger partial charge in [0.2, 0.25) is 5.43 Å². The summed E-state index contributed by atoms with van der Waals surface area (Å²) < 4.78 is 4.80. The largest absolute Gasteiger partial charge is 0.462 e. The zero-order chi connectivity index (χ0) is 15.5. The Bertz CT molecular complexity index is 588. The van der Waals surface area contributed by atoms with Gasteiger partial charge in [-0.3, -0.25) is 4.79 Å². The van der Waals surface area contributed by atoms with Gasteiger partial charge >= 0.3 is 5.97 Å². The van der Waals surface area contributed by atoms with Crippen LogP contribution < -0.4 is 5.43 Å². The van der Waals surface area contributed by atoms with E-state index in [1.807, 2.05) is 33.8 Å². The molecule has 2 rings (SSSR count). The van der Waals surface area contributed by atoms with E-state index in [0.717, 1.165) is 0 Å². The van der Waals surface area contributed by atoms with Crippen LogP contribution in [0.5, 0.6) is 0 Å². The molecule has 4 heteroatoms. The van der Waals surface area contributed by atoms with E-state index in [4.69, 9.17) is 4.74 Å². The van der Waals surface area contributed by atoms with Gasteiger partial charge in [0.25, 0.3) is 0 Å². The number of hydrogen-bond donors (Lipinski definition) is 1. The lowest BCUT2D eigenvalue weighted by molar-refractivity contribution is 0.0524. The summed E-state index contributed by atoms with van der Waals surface area (Å²) in [6, 6.07) is 7.04. The van der Waals surface area contributed by atoms with E-state index >= 15 is 0 Å². The molecule has 1 aromatic carbocycles. The van der Waals surface area contributed by atoms with E-state index < -0.39 is 5.97 Å². The van der Waals surface area contributed by atoms with Gasteiger partial charge < -0.3 is 9.72 Å². The Kier molecular flexibility index (Phi) is 8.75. The number of carbonyl (C=O) groups is 1. The molecule has 0 aliphatic carbocycles. The van der Waals surface area contributed by atoms with Crippen molar-refractivity contribution in [2.75, 3.05) is 6.61 Å². The first kappa shape index (κ1) is 17.9. The molecule has 0 atom stereocenters. The van der Waals surface area contributed by atoms with E-state index in [-0.39, 0.29) is 17.6 Å². The molecule has 0 amide bonds. The maximum absolute atomic E-state index is 11.9. The Balaban J connectivity index is 0.000000829. The molecule has 0 aliphatic rings. The van der Waals surface area contributed by atoms with Crippen LogP contribution in [0.25, 0.3) is 10.9 Å². The van der Waals surface area contributed by atoms with Crippen molar-refractivity contribution in [3.63, 3.8) is 0 Å². The van der Waals surface area contributed by atoms with Crippen molar-refractivity contribution in [1.29, 1.82) is 0 Å².